The second kappa shape index (κ2) is 12.8. The van der Waals surface area contributed by atoms with E-state index in [-0.39, 0.29) is 30.6 Å². The summed E-state index contributed by atoms with van der Waals surface area (Å²) >= 11 is 0. The van der Waals surface area contributed by atoms with Crippen LogP contribution in [0.2, 0.25) is 0 Å². The van der Waals surface area contributed by atoms with Crippen molar-refractivity contribution in [2.45, 2.75) is 76.2 Å². The monoisotopic (exact) mass is 530 g/mol. The summed E-state index contributed by atoms with van der Waals surface area (Å²) in [4.78, 5) is 7.88. The second-order valence-corrected chi connectivity index (χ2v) is 10.7. The van der Waals surface area contributed by atoms with Crippen molar-refractivity contribution >= 4 is 16.0 Å². The van der Waals surface area contributed by atoms with Gasteiger partial charge in [0, 0.05) is 27.2 Å². The summed E-state index contributed by atoms with van der Waals surface area (Å²) in [6, 6.07) is 0. The number of aromatic nitrogens is 5. The number of nitrogens with zero attached hydrogens (tertiary/aromatic N) is 5. The van der Waals surface area contributed by atoms with Gasteiger partial charge in [0.15, 0.2) is 17.5 Å². The van der Waals surface area contributed by atoms with E-state index >= 15 is 0 Å². The number of methoxy groups -OCH3 is 2. The third kappa shape index (κ3) is 6.73. The van der Waals surface area contributed by atoms with Crippen LogP contribution in [-0.4, -0.2) is 71.9 Å². The van der Waals surface area contributed by atoms with Crippen molar-refractivity contribution < 1.29 is 31.8 Å². The molecule has 2 aromatic heterocycles. The molecule has 1 aliphatic heterocycles. The molecule has 0 aromatic carbocycles. The largest absolute Gasteiger partial charge is 0.385 e. The first kappa shape index (κ1) is 28.3. The summed E-state index contributed by atoms with van der Waals surface area (Å²) in [7, 11) is -1.02. The van der Waals surface area contributed by atoms with Gasteiger partial charge in [0.1, 0.15) is 23.7 Å². The zero-order valence-electron chi connectivity index (χ0n) is 21.3. The van der Waals surface area contributed by atoms with Gasteiger partial charge in [-0.2, -0.15) is 0 Å². The minimum Gasteiger partial charge on any atom is -0.385 e. The van der Waals surface area contributed by atoms with Crippen molar-refractivity contribution in [3.05, 3.63) is 29.9 Å². The summed E-state index contributed by atoms with van der Waals surface area (Å²) < 4.78 is 67.1. The Bertz CT molecular complexity index is 1070. The van der Waals surface area contributed by atoms with E-state index in [1.54, 1.807) is 11.7 Å². The lowest BCUT2D eigenvalue weighted by atomic mass is 10.2. The van der Waals surface area contributed by atoms with Crippen molar-refractivity contribution in [1.82, 2.24) is 24.7 Å². The van der Waals surface area contributed by atoms with Crippen LogP contribution >= 0.6 is 0 Å². The third-order valence-corrected chi connectivity index (χ3v) is 7.61. The smallest absolute Gasteiger partial charge is 0.240 e. The van der Waals surface area contributed by atoms with E-state index in [4.69, 9.17) is 18.9 Å². The maximum absolute atomic E-state index is 13.5. The molecule has 3 rings (SSSR count). The van der Waals surface area contributed by atoms with Gasteiger partial charge in [0.05, 0.1) is 25.1 Å². The standard InChI is InChI=1S/C22H35FN6O6S/c1-6-10-34-19(20-24-12-16(23)13-25-20)15(3)36(30,31)28-22-27-26-21(17-8-7-14(2)35-17)29(22)18(33-5)9-11-32-4/h12-15,17-19H,6-11H2,1-5H3,(H,27,28)/t14-,15-,17-,18?,19+/m0/s1. The fourth-order valence-electron chi connectivity index (χ4n) is 3.96. The quantitative estimate of drug-likeness (QED) is 0.388. The van der Waals surface area contributed by atoms with Crippen LogP contribution in [0, 0.1) is 5.82 Å². The highest BCUT2D eigenvalue weighted by Gasteiger charge is 2.37. The Kier molecular flexibility index (Phi) is 10.1. The van der Waals surface area contributed by atoms with Gasteiger partial charge in [-0.15, -0.1) is 10.2 Å². The molecule has 0 spiro atoms. The molecule has 0 radical (unpaired) electrons. The predicted molar refractivity (Wildman–Crippen MR) is 128 cm³/mol. The lowest BCUT2D eigenvalue weighted by Crippen LogP contribution is -2.34. The van der Waals surface area contributed by atoms with Crippen LogP contribution in [0.4, 0.5) is 10.3 Å². The highest BCUT2D eigenvalue weighted by Crippen LogP contribution is 2.35. The van der Waals surface area contributed by atoms with Gasteiger partial charge in [0.25, 0.3) is 0 Å². The summed E-state index contributed by atoms with van der Waals surface area (Å²) in [5.41, 5.74) is 0. The highest BCUT2D eigenvalue weighted by atomic mass is 32.2. The molecule has 12 nitrogen and oxygen atoms in total. The summed E-state index contributed by atoms with van der Waals surface area (Å²) in [5, 5.41) is 7.25. The Labute approximate surface area is 211 Å². The molecule has 2 aromatic rings. The summed E-state index contributed by atoms with van der Waals surface area (Å²) in [5.74, 6) is -0.119. The average Bonchev–Trinajstić information content (AvgIpc) is 3.46. The van der Waals surface area contributed by atoms with Gasteiger partial charge < -0.3 is 18.9 Å². The Morgan fingerprint density at radius 3 is 2.53 bits per heavy atom. The van der Waals surface area contributed by atoms with Crippen LogP contribution in [0.1, 0.15) is 76.5 Å². The number of rotatable bonds is 14. The third-order valence-electron chi connectivity index (χ3n) is 5.92. The lowest BCUT2D eigenvalue weighted by molar-refractivity contribution is 0.00193. The molecule has 1 fully saturated rings. The van der Waals surface area contributed by atoms with Gasteiger partial charge in [-0.1, -0.05) is 6.92 Å². The number of ether oxygens (including phenoxy) is 4. The zero-order valence-corrected chi connectivity index (χ0v) is 22.1. The molecule has 1 unspecified atom stereocenters. The first-order valence-electron chi connectivity index (χ1n) is 11.9. The molecule has 0 bridgehead atoms. The molecule has 202 valence electrons. The van der Waals surface area contributed by atoms with Gasteiger partial charge in [-0.3, -0.25) is 9.29 Å². The molecule has 3 heterocycles. The fourth-order valence-corrected chi connectivity index (χ4v) is 5.06. The molecule has 14 heteroatoms. The molecular weight excluding hydrogens is 495 g/mol. The zero-order chi connectivity index (χ0) is 26.3. The number of halogens is 1. The number of anilines is 1. The molecule has 0 amide bonds. The molecule has 36 heavy (non-hydrogen) atoms. The van der Waals surface area contributed by atoms with Gasteiger partial charge in [-0.25, -0.2) is 22.8 Å². The van der Waals surface area contributed by atoms with Crippen LogP contribution < -0.4 is 4.72 Å². The fraction of sp³-hybridized carbons (Fsp3) is 0.727. The highest BCUT2D eigenvalue weighted by molar-refractivity contribution is 7.93. The Morgan fingerprint density at radius 1 is 1.22 bits per heavy atom. The van der Waals surface area contributed by atoms with E-state index in [9.17, 15) is 12.8 Å². The summed E-state index contributed by atoms with van der Waals surface area (Å²) in [6.07, 6.45) is 2.64. The molecule has 1 saturated heterocycles. The van der Waals surface area contributed by atoms with Gasteiger partial charge in [0.2, 0.25) is 16.0 Å². The summed E-state index contributed by atoms with van der Waals surface area (Å²) in [6.45, 7) is 5.97. The van der Waals surface area contributed by atoms with Crippen LogP contribution in [0.15, 0.2) is 12.4 Å². The van der Waals surface area contributed by atoms with Crippen molar-refractivity contribution in [2.24, 2.45) is 0 Å². The minimum absolute atomic E-state index is 0.0165. The number of sulfonamides is 1. The lowest BCUT2D eigenvalue weighted by Gasteiger charge is -2.25. The average molecular weight is 531 g/mol. The number of hydrogen-bond donors (Lipinski definition) is 1. The van der Waals surface area contributed by atoms with Crippen LogP contribution in [0.25, 0.3) is 0 Å². The van der Waals surface area contributed by atoms with E-state index in [2.05, 4.69) is 24.9 Å². The van der Waals surface area contributed by atoms with E-state index in [0.717, 1.165) is 25.2 Å². The van der Waals surface area contributed by atoms with Crippen molar-refractivity contribution in [3.63, 3.8) is 0 Å². The van der Waals surface area contributed by atoms with E-state index in [0.29, 0.717) is 25.3 Å². The Morgan fingerprint density at radius 2 is 1.94 bits per heavy atom. The van der Waals surface area contributed by atoms with Crippen LogP contribution in [0.3, 0.4) is 0 Å². The minimum atomic E-state index is -4.11. The first-order valence-corrected chi connectivity index (χ1v) is 13.5. The van der Waals surface area contributed by atoms with Gasteiger partial charge in [-0.05, 0) is 33.1 Å². The maximum Gasteiger partial charge on any atom is 0.240 e. The molecule has 5 atom stereocenters. The van der Waals surface area contributed by atoms with E-state index in [1.165, 1.54) is 14.0 Å². The van der Waals surface area contributed by atoms with E-state index < -0.39 is 33.4 Å². The van der Waals surface area contributed by atoms with Crippen molar-refractivity contribution in [1.29, 1.82) is 0 Å². The second-order valence-electron chi connectivity index (χ2n) is 8.64. The molecule has 1 aliphatic rings. The molecule has 1 N–H and O–H groups in total. The number of hydrogen-bond acceptors (Lipinski definition) is 10. The molecular formula is C22H35FN6O6S. The maximum atomic E-state index is 13.5. The Balaban J connectivity index is 1.94. The predicted octanol–water partition coefficient (Wildman–Crippen LogP) is 2.93. The number of nitrogens with one attached hydrogen (secondary N) is 1. The van der Waals surface area contributed by atoms with E-state index in [1.807, 2.05) is 13.8 Å². The topological polar surface area (TPSA) is 140 Å². The van der Waals surface area contributed by atoms with Crippen LogP contribution in [0.5, 0.6) is 0 Å². The Hall–Kier alpha value is -2.26. The normalized spacial score (nSPS) is 20.8. The molecule has 0 saturated carbocycles. The van der Waals surface area contributed by atoms with Crippen molar-refractivity contribution in [2.75, 3.05) is 32.2 Å². The van der Waals surface area contributed by atoms with Crippen LogP contribution in [-0.2, 0) is 29.0 Å². The SMILES string of the molecule is CCCO[C@@H](c1ncc(F)cn1)[C@H](C)S(=O)(=O)Nc1nnc([C@@H]2CC[C@H](C)O2)n1C(CCOC)OC. The van der Waals surface area contributed by atoms with Gasteiger partial charge >= 0.3 is 0 Å². The molecule has 0 aliphatic carbocycles. The van der Waals surface area contributed by atoms with Crippen molar-refractivity contribution in [3.8, 4) is 0 Å². The first-order chi connectivity index (χ1) is 17.2.